The van der Waals surface area contributed by atoms with Crippen molar-refractivity contribution >= 4 is 0 Å². The maximum Gasteiger partial charge on any atom is 0.119 e. The zero-order valence-corrected chi connectivity index (χ0v) is 14.3. The van der Waals surface area contributed by atoms with Crippen LogP contribution in [-0.4, -0.2) is 51.6 Å². The lowest BCUT2D eigenvalue weighted by atomic mass is 10.0. The van der Waals surface area contributed by atoms with Crippen LogP contribution in [0, 0.1) is 11.3 Å². The Labute approximate surface area is 148 Å². The average Bonchev–Trinajstić information content (AvgIpc) is 3.15. The second-order valence-corrected chi connectivity index (χ2v) is 6.47. The molecule has 1 aromatic heterocycles. The molecule has 25 heavy (non-hydrogen) atoms. The third-order valence-corrected chi connectivity index (χ3v) is 4.58. The minimum atomic E-state index is -0.547. The third kappa shape index (κ3) is 5.05. The van der Waals surface area contributed by atoms with Crippen molar-refractivity contribution in [1.29, 1.82) is 5.26 Å². The lowest BCUT2D eigenvalue weighted by Crippen LogP contribution is -2.46. The van der Waals surface area contributed by atoms with Gasteiger partial charge in [0, 0.05) is 25.0 Å². The molecular weight excluding hydrogens is 316 g/mol. The number of likely N-dealkylation sites (tertiary alicyclic amines) is 1. The first-order valence-electron chi connectivity index (χ1n) is 8.77. The Morgan fingerprint density at radius 2 is 2.16 bits per heavy atom. The topological polar surface area (TPSA) is 74.3 Å². The van der Waals surface area contributed by atoms with Crippen LogP contribution in [0.1, 0.15) is 24.8 Å². The van der Waals surface area contributed by atoms with E-state index in [2.05, 4.69) is 16.1 Å². The van der Waals surface area contributed by atoms with Crippen LogP contribution in [0.25, 0.3) is 0 Å². The minimum absolute atomic E-state index is 0.247. The van der Waals surface area contributed by atoms with Gasteiger partial charge in [-0.3, -0.25) is 9.58 Å². The molecule has 2 atom stereocenters. The molecule has 1 aromatic carbocycles. The van der Waals surface area contributed by atoms with Gasteiger partial charge in [0.25, 0.3) is 0 Å². The quantitative estimate of drug-likeness (QED) is 0.835. The Hall–Kier alpha value is -2.36. The number of aromatic nitrogens is 2. The van der Waals surface area contributed by atoms with Gasteiger partial charge in [0.15, 0.2) is 0 Å². The molecule has 132 valence electrons. The van der Waals surface area contributed by atoms with E-state index in [-0.39, 0.29) is 6.61 Å². The molecule has 2 aromatic rings. The molecule has 0 spiro atoms. The number of β-amino-alcohol motifs (C(OH)–C–C–N with tert-alkyl or cyclic N) is 1. The van der Waals surface area contributed by atoms with Crippen molar-refractivity contribution in [2.45, 2.75) is 38.0 Å². The summed E-state index contributed by atoms with van der Waals surface area (Å²) < 4.78 is 7.61. The number of ether oxygens (including phenoxy) is 1. The Bertz CT molecular complexity index is 678. The van der Waals surface area contributed by atoms with E-state index in [4.69, 9.17) is 10.00 Å². The van der Waals surface area contributed by atoms with Crippen molar-refractivity contribution in [3.05, 3.63) is 48.3 Å². The summed E-state index contributed by atoms with van der Waals surface area (Å²) >= 11 is 0. The highest BCUT2D eigenvalue weighted by atomic mass is 16.5. The van der Waals surface area contributed by atoms with E-state index in [9.17, 15) is 5.11 Å². The summed E-state index contributed by atoms with van der Waals surface area (Å²) in [6.45, 7) is 2.70. The summed E-state index contributed by atoms with van der Waals surface area (Å²) in [5.74, 6) is 0.671. The van der Waals surface area contributed by atoms with Gasteiger partial charge in [0.05, 0.1) is 18.2 Å². The van der Waals surface area contributed by atoms with Crippen molar-refractivity contribution in [1.82, 2.24) is 14.7 Å². The fraction of sp³-hybridized carbons (Fsp3) is 0.474. The summed E-state index contributed by atoms with van der Waals surface area (Å²) in [4.78, 5) is 2.35. The zero-order valence-electron chi connectivity index (χ0n) is 14.3. The average molecular weight is 340 g/mol. The van der Waals surface area contributed by atoms with Gasteiger partial charge in [-0.2, -0.15) is 10.4 Å². The van der Waals surface area contributed by atoms with E-state index >= 15 is 0 Å². The molecule has 3 rings (SSSR count). The van der Waals surface area contributed by atoms with E-state index in [1.165, 1.54) is 12.8 Å². The maximum atomic E-state index is 10.4. The number of nitrogens with zero attached hydrogens (tertiary/aromatic N) is 4. The second-order valence-electron chi connectivity index (χ2n) is 6.47. The van der Waals surface area contributed by atoms with E-state index in [0.29, 0.717) is 23.9 Å². The molecule has 1 saturated heterocycles. The molecule has 0 aliphatic carbocycles. The van der Waals surface area contributed by atoms with Gasteiger partial charge >= 0.3 is 0 Å². The molecule has 6 nitrogen and oxygen atoms in total. The van der Waals surface area contributed by atoms with Crippen LogP contribution in [0.3, 0.4) is 0 Å². The minimum Gasteiger partial charge on any atom is -0.491 e. The van der Waals surface area contributed by atoms with Gasteiger partial charge in [-0.1, -0.05) is 6.42 Å². The van der Waals surface area contributed by atoms with Gasteiger partial charge in [0.2, 0.25) is 0 Å². The van der Waals surface area contributed by atoms with Gasteiger partial charge in [-0.05, 0) is 49.7 Å². The van der Waals surface area contributed by atoms with Gasteiger partial charge in [-0.15, -0.1) is 0 Å². The van der Waals surface area contributed by atoms with E-state index < -0.39 is 6.10 Å². The monoisotopic (exact) mass is 340 g/mol. The first-order valence-corrected chi connectivity index (χ1v) is 8.77. The molecule has 2 heterocycles. The molecule has 0 radical (unpaired) electrons. The number of hydrogen-bond donors (Lipinski definition) is 1. The number of hydrogen-bond acceptors (Lipinski definition) is 5. The number of rotatable bonds is 7. The normalized spacial score (nSPS) is 19.3. The van der Waals surface area contributed by atoms with E-state index in [0.717, 1.165) is 19.5 Å². The van der Waals surface area contributed by atoms with Crippen molar-refractivity contribution in [3.8, 4) is 11.8 Å². The second kappa shape index (κ2) is 8.65. The lowest BCUT2D eigenvalue weighted by molar-refractivity contribution is 0.0345. The molecule has 1 aliphatic heterocycles. The Morgan fingerprint density at radius 3 is 2.88 bits per heavy atom. The maximum absolute atomic E-state index is 10.4. The van der Waals surface area contributed by atoms with Crippen molar-refractivity contribution in [3.63, 3.8) is 0 Å². The molecule has 1 fully saturated rings. The van der Waals surface area contributed by atoms with Crippen LogP contribution in [0.2, 0.25) is 0 Å². The molecule has 0 saturated carbocycles. The highest BCUT2D eigenvalue weighted by Gasteiger charge is 2.25. The number of piperidine rings is 1. The van der Waals surface area contributed by atoms with Crippen LogP contribution in [0.4, 0.5) is 0 Å². The summed E-state index contributed by atoms with van der Waals surface area (Å²) in [6.07, 6.45) is 6.75. The number of benzene rings is 1. The van der Waals surface area contributed by atoms with Gasteiger partial charge in [0.1, 0.15) is 18.5 Å². The number of aliphatic hydroxyl groups excluding tert-OH is 1. The highest BCUT2D eigenvalue weighted by molar-refractivity contribution is 5.34. The van der Waals surface area contributed by atoms with Crippen LogP contribution in [0.15, 0.2) is 42.7 Å². The molecule has 1 N–H and O–H groups in total. The Balaban J connectivity index is 1.49. The van der Waals surface area contributed by atoms with Crippen LogP contribution in [-0.2, 0) is 6.54 Å². The number of nitriles is 1. The molecule has 0 amide bonds. The molecule has 2 unspecified atom stereocenters. The summed E-state index contributed by atoms with van der Waals surface area (Å²) in [5, 5.41) is 23.5. The lowest BCUT2D eigenvalue weighted by Gasteiger charge is -2.36. The Kier molecular flexibility index (Phi) is 6.04. The summed E-state index contributed by atoms with van der Waals surface area (Å²) in [7, 11) is 0. The van der Waals surface area contributed by atoms with Crippen LogP contribution >= 0.6 is 0 Å². The van der Waals surface area contributed by atoms with Gasteiger partial charge in [-0.25, -0.2) is 0 Å². The summed E-state index contributed by atoms with van der Waals surface area (Å²) in [5.41, 5.74) is 0.600. The van der Waals surface area contributed by atoms with Crippen LogP contribution in [0.5, 0.6) is 5.75 Å². The molecule has 0 bridgehead atoms. The standard InChI is InChI=1S/C19H24N4O2/c20-12-16-5-7-19(8-6-16)25-15-18(24)14-22-10-2-1-4-17(22)13-23-11-3-9-21-23/h3,5-9,11,17-18,24H,1-2,4,10,13-15H2. The fourth-order valence-corrected chi connectivity index (χ4v) is 3.27. The Morgan fingerprint density at radius 1 is 1.32 bits per heavy atom. The molecular formula is C19H24N4O2. The zero-order chi connectivity index (χ0) is 17.5. The number of aliphatic hydroxyl groups is 1. The van der Waals surface area contributed by atoms with Gasteiger partial charge < -0.3 is 9.84 Å². The third-order valence-electron chi connectivity index (χ3n) is 4.58. The smallest absolute Gasteiger partial charge is 0.119 e. The van der Waals surface area contributed by atoms with Crippen LogP contribution < -0.4 is 4.74 Å². The van der Waals surface area contributed by atoms with Crippen molar-refractivity contribution in [2.75, 3.05) is 19.7 Å². The van der Waals surface area contributed by atoms with E-state index in [1.807, 2.05) is 16.9 Å². The highest BCUT2D eigenvalue weighted by Crippen LogP contribution is 2.19. The molecule has 6 heteroatoms. The predicted molar refractivity (Wildman–Crippen MR) is 94.1 cm³/mol. The largest absolute Gasteiger partial charge is 0.491 e. The molecule has 1 aliphatic rings. The first kappa shape index (κ1) is 17.5. The SMILES string of the molecule is N#Cc1ccc(OCC(O)CN2CCCCC2Cn2cccn2)cc1. The van der Waals surface area contributed by atoms with Crippen molar-refractivity contribution < 1.29 is 9.84 Å². The summed E-state index contributed by atoms with van der Waals surface area (Å²) in [6, 6.07) is 11.4. The predicted octanol–water partition coefficient (Wildman–Crippen LogP) is 2.05. The first-order chi connectivity index (χ1) is 12.2. The van der Waals surface area contributed by atoms with E-state index in [1.54, 1.807) is 30.5 Å². The fourth-order valence-electron chi connectivity index (χ4n) is 3.27. The van der Waals surface area contributed by atoms with Crippen molar-refractivity contribution in [2.24, 2.45) is 0 Å².